The molecule has 1 saturated carbocycles. The molecule has 1 aliphatic rings. The van der Waals surface area contributed by atoms with Crippen LogP contribution in [-0.2, 0) is 22.6 Å². The molecule has 1 aliphatic carbocycles. The van der Waals surface area contributed by atoms with E-state index in [-0.39, 0.29) is 24.4 Å². The van der Waals surface area contributed by atoms with Crippen LogP contribution in [0, 0.1) is 0 Å². The van der Waals surface area contributed by atoms with Gasteiger partial charge in [-0.3, -0.25) is 4.79 Å². The summed E-state index contributed by atoms with van der Waals surface area (Å²) in [5, 5.41) is 18.5. The van der Waals surface area contributed by atoms with Crippen LogP contribution in [0.1, 0.15) is 36.8 Å². The number of hydrogen-bond acceptors (Lipinski definition) is 4. The van der Waals surface area contributed by atoms with Crippen molar-refractivity contribution in [3.8, 4) is 5.75 Å². The summed E-state index contributed by atoms with van der Waals surface area (Å²) in [6.45, 7) is -0.167. The second-order valence-corrected chi connectivity index (χ2v) is 4.66. The molecule has 4 nitrogen and oxygen atoms in total. The van der Waals surface area contributed by atoms with Crippen molar-refractivity contribution < 1.29 is 19.7 Å². The average Bonchev–Trinajstić information content (AvgIpc) is 3.13. The van der Waals surface area contributed by atoms with Gasteiger partial charge in [-0.25, -0.2) is 0 Å². The van der Waals surface area contributed by atoms with Gasteiger partial charge in [-0.2, -0.15) is 0 Å². The van der Waals surface area contributed by atoms with E-state index in [1.165, 1.54) is 0 Å². The Kier molecular flexibility index (Phi) is 4.20. The Hall–Kier alpha value is -1.55. The third-order valence-electron chi connectivity index (χ3n) is 2.99. The lowest BCUT2D eigenvalue weighted by Gasteiger charge is -2.06. The highest BCUT2D eigenvalue weighted by molar-refractivity contribution is 5.69. The van der Waals surface area contributed by atoms with Crippen LogP contribution >= 0.6 is 0 Å². The van der Waals surface area contributed by atoms with E-state index in [2.05, 4.69) is 0 Å². The third-order valence-corrected chi connectivity index (χ3v) is 2.99. The summed E-state index contributed by atoms with van der Waals surface area (Å²) in [6.07, 6.45) is 4.02. The number of carbonyl (C=O) groups is 1. The molecule has 0 heterocycles. The number of hydrogen-bond donors (Lipinski definition) is 2. The number of aliphatic hydroxyl groups excluding tert-OH is 1. The van der Waals surface area contributed by atoms with E-state index in [1.54, 1.807) is 12.1 Å². The summed E-state index contributed by atoms with van der Waals surface area (Å²) in [5.74, 6) is -0.0238. The summed E-state index contributed by atoms with van der Waals surface area (Å²) in [6, 6.07) is 5.20. The summed E-state index contributed by atoms with van der Waals surface area (Å²) < 4.78 is 5.14. The van der Waals surface area contributed by atoms with E-state index in [9.17, 15) is 9.90 Å². The van der Waals surface area contributed by atoms with Crippen molar-refractivity contribution >= 4 is 5.97 Å². The third kappa shape index (κ3) is 3.74. The van der Waals surface area contributed by atoms with E-state index >= 15 is 0 Å². The lowest BCUT2D eigenvalue weighted by atomic mass is 10.1. The van der Waals surface area contributed by atoms with E-state index in [4.69, 9.17) is 9.84 Å². The maximum Gasteiger partial charge on any atom is 0.306 e. The first-order chi connectivity index (χ1) is 8.69. The van der Waals surface area contributed by atoms with E-state index < -0.39 is 0 Å². The van der Waals surface area contributed by atoms with Crippen molar-refractivity contribution in [2.24, 2.45) is 0 Å². The average molecular weight is 250 g/mol. The molecule has 0 atom stereocenters. The second kappa shape index (κ2) is 5.87. The summed E-state index contributed by atoms with van der Waals surface area (Å²) in [5.41, 5.74) is 1.48. The summed E-state index contributed by atoms with van der Waals surface area (Å²) in [7, 11) is 0. The molecule has 18 heavy (non-hydrogen) atoms. The van der Waals surface area contributed by atoms with Crippen LogP contribution in [0.5, 0.6) is 5.75 Å². The molecule has 1 aromatic rings. The number of benzene rings is 1. The van der Waals surface area contributed by atoms with E-state index in [0.29, 0.717) is 18.4 Å². The van der Waals surface area contributed by atoms with E-state index in [0.717, 1.165) is 24.8 Å². The quantitative estimate of drug-likeness (QED) is 0.757. The first-order valence-electron chi connectivity index (χ1n) is 6.30. The molecule has 0 unspecified atom stereocenters. The molecule has 98 valence electrons. The van der Waals surface area contributed by atoms with Crippen LogP contribution in [0.4, 0.5) is 0 Å². The molecule has 0 bridgehead atoms. The predicted molar refractivity (Wildman–Crippen MR) is 66.1 cm³/mol. The van der Waals surface area contributed by atoms with Gasteiger partial charge in [0.2, 0.25) is 0 Å². The zero-order chi connectivity index (χ0) is 13.0. The van der Waals surface area contributed by atoms with Gasteiger partial charge >= 0.3 is 5.97 Å². The fourth-order valence-corrected chi connectivity index (χ4v) is 1.77. The number of carbonyl (C=O) groups excluding carboxylic acids is 1. The molecule has 0 aromatic heterocycles. The molecular formula is C14H18O4. The van der Waals surface area contributed by atoms with Crippen LogP contribution in [0.25, 0.3) is 0 Å². The summed E-state index contributed by atoms with van der Waals surface area (Å²) >= 11 is 0. The van der Waals surface area contributed by atoms with Gasteiger partial charge < -0.3 is 14.9 Å². The normalized spacial score (nSPS) is 14.5. The Morgan fingerprint density at radius 1 is 1.39 bits per heavy atom. The van der Waals surface area contributed by atoms with Crippen LogP contribution in [0.2, 0.25) is 0 Å². The molecular weight excluding hydrogens is 232 g/mol. The molecule has 4 heteroatoms. The van der Waals surface area contributed by atoms with E-state index in [1.807, 2.05) is 6.07 Å². The van der Waals surface area contributed by atoms with Crippen molar-refractivity contribution in [1.82, 2.24) is 0 Å². The molecule has 0 aliphatic heterocycles. The largest absolute Gasteiger partial charge is 0.508 e. The van der Waals surface area contributed by atoms with Crippen molar-refractivity contribution in [1.29, 1.82) is 0 Å². The Bertz CT molecular complexity index is 424. The van der Waals surface area contributed by atoms with Crippen LogP contribution in [-0.4, -0.2) is 22.3 Å². The molecule has 0 amide bonds. The van der Waals surface area contributed by atoms with Gasteiger partial charge in [-0.15, -0.1) is 0 Å². The van der Waals surface area contributed by atoms with Crippen molar-refractivity contribution in [3.63, 3.8) is 0 Å². The lowest BCUT2D eigenvalue weighted by Crippen LogP contribution is -2.06. The topological polar surface area (TPSA) is 66.8 Å². The SMILES string of the molecule is O=C(CCCc1ccc(CO)c(O)c1)OC1CC1. The Morgan fingerprint density at radius 3 is 2.78 bits per heavy atom. The monoisotopic (exact) mass is 250 g/mol. The second-order valence-electron chi connectivity index (χ2n) is 4.66. The molecule has 2 rings (SSSR count). The molecule has 0 spiro atoms. The number of esters is 1. The maximum atomic E-state index is 11.3. The van der Waals surface area contributed by atoms with Gasteiger partial charge in [0.05, 0.1) is 6.61 Å². The smallest absolute Gasteiger partial charge is 0.306 e. The van der Waals surface area contributed by atoms with Crippen LogP contribution in [0.15, 0.2) is 18.2 Å². The first-order valence-corrected chi connectivity index (χ1v) is 6.30. The van der Waals surface area contributed by atoms with Crippen molar-refractivity contribution in [3.05, 3.63) is 29.3 Å². The Balaban J connectivity index is 1.75. The van der Waals surface area contributed by atoms with Gasteiger partial charge in [0.1, 0.15) is 11.9 Å². The number of phenols is 1. The van der Waals surface area contributed by atoms with Crippen molar-refractivity contribution in [2.45, 2.75) is 44.8 Å². The van der Waals surface area contributed by atoms with Crippen molar-refractivity contribution in [2.75, 3.05) is 0 Å². The van der Waals surface area contributed by atoms with Gasteiger partial charge in [0, 0.05) is 12.0 Å². The van der Waals surface area contributed by atoms with Gasteiger partial charge in [0.25, 0.3) is 0 Å². The predicted octanol–water partition coefficient (Wildman–Crippen LogP) is 1.91. The van der Waals surface area contributed by atoms with Crippen LogP contribution in [0.3, 0.4) is 0 Å². The molecule has 0 saturated heterocycles. The minimum atomic E-state index is -0.167. The molecule has 2 N–H and O–H groups in total. The number of aromatic hydroxyl groups is 1. The Labute approximate surface area is 106 Å². The fraction of sp³-hybridized carbons (Fsp3) is 0.500. The zero-order valence-electron chi connectivity index (χ0n) is 10.3. The number of aryl methyl sites for hydroxylation is 1. The Morgan fingerprint density at radius 2 is 2.17 bits per heavy atom. The van der Waals surface area contributed by atoms with Gasteiger partial charge in [0.15, 0.2) is 0 Å². The number of aliphatic hydroxyl groups is 1. The molecule has 1 aromatic carbocycles. The number of rotatable bonds is 6. The molecule has 0 radical (unpaired) electrons. The maximum absolute atomic E-state index is 11.3. The minimum absolute atomic E-state index is 0.107. The number of ether oxygens (including phenoxy) is 1. The highest BCUT2D eigenvalue weighted by Gasteiger charge is 2.25. The van der Waals surface area contributed by atoms with Gasteiger partial charge in [-0.05, 0) is 37.3 Å². The van der Waals surface area contributed by atoms with Gasteiger partial charge in [-0.1, -0.05) is 12.1 Å². The highest BCUT2D eigenvalue weighted by Crippen LogP contribution is 2.24. The summed E-state index contributed by atoms with van der Waals surface area (Å²) in [4.78, 5) is 11.3. The fourth-order valence-electron chi connectivity index (χ4n) is 1.77. The standard InChI is InChI=1S/C14H18O4/c15-9-11-5-4-10(8-13(11)16)2-1-3-14(17)18-12-6-7-12/h4-5,8,12,15-16H,1-3,6-7,9H2. The minimum Gasteiger partial charge on any atom is -0.508 e. The lowest BCUT2D eigenvalue weighted by molar-refractivity contribution is -0.144. The molecule has 1 fully saturated rings. The zero-order valence-corrected chi connectivity index (χ0v) is 10.3. The first kappa shape index (κ1) is 12.9. The highest BCUT2D eigenvalue weighted by atomic mass is 16.5. The van der Waals surface area contributed by atoms with Crippen LogP contribution < -0.4 is 0 Å².